The number of nitrogens with zero attached hydrogens (tertiary/aromatic N) is 4. The fraction of sp³-hybridized carbons (Fsp3) is 0.348. The van der Waals surface area contributed by atoms with E-state index in [0.29, 0.717) is 16.7 Å². The van der Waals surface area contributed by atoms with Gasteiger partial charge in [-0.1, -0.05) is 19.1 Å². The van der Waals surface area contributed by atoms with Crippen LogP contribution >= 0.6 is 0 Å². The number of benzene rings is 1. The number of pyridine rings is 1. The minimum atomic E-state index is -3.01. The lowest BCUT2D eigenvalue weighted by Gasteiger charge is -2.17. The molecule has 32 heavy (non-hydrogen) atoms. The average molecular weight is 444 g/mol. The second-order valence-corrected chi connectivity index (χ2v) is 7.70. The van der Waals surface area contributed by atoms with E-state index in [2.05, 4.69) is 10.1 Å². The predicted octanol–water partition coefficient (Wildman–Crippen LogP) is 4.68. The first-order valence-corrected chi connectivity index (χ1v) is 10.4. The molecule has 0 bridgehead atoms. The third-order valence-electron chi connectivity index (χ3n) is 5.51. The van der Waals surface area contributed by atoms with E-state index in [0.717, 1.165) is 12.1 Å². The highest BCUT2D eigenvalue weighted by Gasteiger charge is 2.34. The summed E-state index contributed by atoms with van der Waals surface area (Å²) in [6, 6.07) is 6.49. The maximum Gasteiger partial charge on any atom is 0.281 e. The summed E-state index contributed by atoms with van der Waals surface area (Å²) in [4.78, 5) is 18.4. The first-order chi connectivity index (χ1) is 15.3. The lowest BCUT2D eigenvalue weighted by atomic mass is 10.1. The molecule has 1 amide bonds. The highest BCUT2D eigenvalue weighted by Crippen LogP contribution is 2.32. The molecule has 0 unspecified atom stereocenters. The maximum atomic E-state index is 14.8. The van der Waals surface area contributed by atoms with Crippen molar-refractivity contribution in [2.45, 2.75) is 45.8 Å². The summed E-state index contributed by atoms with van der Waals surface area (Å²) in [6.45, 7) is 3.45. The minimum absolute atomic E-state index is 0.0401. The molecule has 0 spiro atoms. The molecule has 168 valence electrons. The van der Waals surface area contributed by atoms with Gasteiger partial charge in [0, 0.05) is 49.6 Å². The van der Waals surface area contributed by atoms with Crippen LogP contribution in [0, 0.1) is 5.82 Å². The lowest BCUT2D eigenvalue weighted by molar-refractivity contribution is -0.0449. The fourth-order valence-electron chi connectivity index (χ4n) is 3.54. The van der Waals surface area contributed by atoms with E-state index in [9.17, 15) is 18.0 Å². The topological polar surface area (TPSA) is 60.2 Å². The summed E-state index contributed by atoms with van der Waals surface area (Å²) in [6.07, 6.45) is 4.55. The zero-order valence-corrected chi connectivity index (χ0v) is 17.8. The molecule has 0 saturated carbocycles. The van der Waals surface area contributed by atoms with Crippen molar-refractivity contribution >= 4 is 5.91 Å². The van der Waals surface area contributed by atoms with Gasteiger partial charge in [-0.2, -0.15) is 5.10 Å². The zero-order chi connectivity index (χ0) is 22.9. The number of hydrogen-bond acceptors (Lipinski definition) is 4. The van der Waals surface area contributed by atoms with Crippen LogP contribution in [0.3, 0.4) is 0 Å². The van der Waals surface area contributed by atoms with Crippen molar-refractivity contribution in [3.63, 3.8) is 0 Å². The van der Waals surface area contributed by atoms with Crippen molar-refractivity contribution in [3.8, 4) is 17.0 Å². The van der Waals surface area contributed by atoms with Crippen LogP contribution in [0.5, 0.6) is 5.88 Å². The summed E-state index contributed by atoms with van der Waals surface area (Å²) in [5.74, 6) is -3.99. The molecule has 0 fully saturated rings. The normalized spacial score (nSPS) is 13.5. The van der Waals surface area contributed by atoms with Gasteiger partial charge in [0.25, 0.3) is 11.8 Å². The number of carbonyl (C=O) groups excluding carboxylic acids is 1. The van der Waals surface area contributed by atoms with E-state index >= 15 is 0 Å². The molecule has 0 atom stereocenters. The summed E-state index contributed by atoms with van der Waals surface area (Å²) in [5.41, 5.74) is 2.62. The van der Waals surface area contributed by atoms with Gasteiger partial charge < -0.3 is 9.64 Å². The molecule has 2 aromatic heterocycles. The molecule has 3 aromatic rings. The van der Waals surface area contributed by atoms with Crippen LogP contribution in [0.25, 0.3) is 11.1 Å². The number of amides is 1. The number of aromatic nitrogens is 3. The summed E-state index contributed by atoms with van der Waals surface area (Å²) in [5, 5.41) is 4.20. The number of fused-ring (bicyclic) bond motifs is 1. The SMILES string of the molecule is CCn1cc(-c2ccc(CN3Cc4ccnc(OCC(F)(F)CC)c4C3=O)c(F)c2)cn1. The maximum absolute atomic E-state index is 14.8. The molecule has 9 heteroatoms. The molecule has 0 aliphatic carbocycles. The van der Waals surface area contributed by atoms with E-state index in [1.54, 1.807) is 29.1 Å². The largest absolute Gasteiger partial charge is 0.471 e. The second kappa shape index (κ2) is 8.64. The third-order valence-corrected chi connectivity index (χ3v) is 5.51. The van der Waals surface area contributed by atoms with Crippen LogP contribution in [0.2, 0.25) is 0 Å². The molecule has 0 saturated heterocycles. The van der Waals surface area contributed by atoms with E-state index in [1.807, 2.05) is 13.1 Å². The van der Waals surface area contributed by atoms with E-state index < -0.39 is 24.3 Å². The van der Waals surface area contributed by atoms with Crippen LogP contribution in [-0.2, 0) is 19.6 Å². The van der Waals surface area contributed by atoms with Gasteiger partial charge >= 0.3 is 0 Å². The Kier molecular flexibility index (Phi) is 5.90. The number of alkyl halides is 2. The third kappa shape index (κ3) is 4.32. The van der Waals surface area contributed by atoms with Gasteiger partial charge in [-0.15, -0.1) is 0 Å². The molecule has 1 aliphatic rings. The van der Waals surface area contributed by atoms with Gasteiger partial charge in [-0.25, -0.2) is 18.2 Å². The highest BCUT2D eigenvalue weighted by atomic mass is 19.3. The van der Waals surface area contributed by atoms with Gasteiger partial charge in [0.2, 0.25) is 5.88 Å². The second-order valence-electron chi connectivity index (χ2n) is 7.70. The van der Waals surface area contributed by atoms with Gasteiger partial charge in [-0.3, -0.25) is 9.48 Å². The van der Waals surface area contributed by atoms with Crippen molar-refractivity contribution in [2.75, 3.05) is 6.61 Å². The molecule has 1 aliphatic heterocycles. The number of ether oxygens (including phenoxy) is 1. The zero-order valence-electron chi connectivity index (χ0n) is 17.8. The first kappa shape index (κ1) is 21.9. The van der Waals surface area contributed by atoms with Crippen LogP contribution in [0.4, 0.5) is 13.2 Å². The number of hydrogen-bond donors (Lipinski definition) is 0. The average Bonchev–Trinajstić information content (AvgIpc) is 3.39. The van der Waals surface area contributed by atoms with Crippen molar-refractivity contribution < 1.29 is 22.7 Å². The van der Waals surface area contributed by atoms with E-state index in [4.69, 9.17) is 4.74 Å². The van der Waals surface area contributed by atoms with Gasteiger partial charge in [-0.05, 0) is 30.2 Å². The first-order valence-electron chi connectivity index (χ1n) is 10.4. The number of halogens is 3. The van der Waals surface area contributed by atoms with E-state index in [1.165, 1.54) is 24.1 Å². The lowest BCUT2D eigenvalue weighted by Crippen LogP contribution is -2.26. The highest BCUT2D eigenvalue weighted by molar-refractivity contribution is 6.00. The summed E-state index contributed by atoms with van der Waals surface area (Å²) >= 11 is 0. The number of carbonyl (C=O) groups is 1. The molecule has 6 nitrogen and oxygen atoms in total. The Morgan fingerprint density at radius 2 is 2.00 bits per heavy atom. The van der Waals surface area contributed by atoms with E-state index in [-0.39, 0.29) is 31.0 Å². The van der Waals surface area contributed by atoms with Gasteiger partial charge in [0.05, 0.1) is 6.20 Å². The van der Waals surface area contributed by atoms with Crippen molar-refractivity contribution in [1.29, 1.82) is 0 Å². The Bertz CT molecular complexity index is 1150. The van der Waals surface area contributed by atoms with Gasteiger partial charge in [0.1, 0.15) is 11.4 Å². The molecular formula is C23H23F3N4O2. The Morgan fingerprint density at radius 3 is 2.69 bits per heavy atom. The predicted molar refractivity (Wildman–Crippen MR) is 112 cm³/mol. The Balaban J connectivity index is 1.50. The van der Waals surface area contributed by atoms with Crippen LogP contribution in [-0.4, -0.2) is 38.1 Å². The molecule has 0 N–H and O–H groups in total. The molecule has 3 heterocycles. The summed E-state index contributed by atoms with van der Waals surface area (Å²) < 4.78 is 48.9. The standard InChI is InChI=1S/C23H23F3N4O2/c1-3-23(25,26)14-32-21-20-17(7-8-27-21)12-29(22(20)31)11-16-6-5-15(9-19(16)24)18-10-28-30(4-2)13-18/h5-10,13H,3-4,11-12,14H2,1-2H3. The molecule has 4 rings (SSSR count). The fourth-order valence-corrected chi connectivity index (χ4v) is 3.54. The molecule has 1 aromatic carbocycles. The number of aryl methyl sites for hydroxylation is 1. The van der Waals surface area contributed by atoms with Gasteiger partial charge in [0.15, 0.2) is 6.61 Å². The quantitative estimate of drug-likeness (QED) is 0.506. The van der Waals surface area contributed by atoms with Crippen molar-refractivity contribution in [3.05, 3.63) is 65.4 Å². The Hall–Kier alpha value is -3.36. The monoisotopic (exact) mass is 444 g/mol. The van der Waals surface area contributed by atoms with Crippen LogP contribution in [0.15, 0.2) is 42.9 Å². The Morgan fingerprint density at radius 1 is 1.19 bits per heavy atom. The number of rotatable bonds is 8. The van der Waals surface area contributed by atoms with Crippen LogP contribution in [0.1, 0.15) is 41.8 Å². The smallest absolute Gasteiger partial charge is 0.281 e. The van der Waals surface area contributed by atoms with Crippen molar-refractivity contribution in [1.82, 2.24) is 19.7 Å². The molecule has 0 radical (unpaired) electrons. The summed E-state index contributed by atoms with van der Waals surface area (Å²) in [7, 11) is 0. The minimum Gasteiger partial charge on any atom is -0.471 e. The molecular weight excluding hydrogens is 421 g/mol. The van der Waals surface area contributed by atoms with Crippen molar-refractivity contribution in [2.24, 2.45) is 0 Å². The van der Waals surface area contributed by atoms with Crippen LogP contribution < -0.4 is 4.74 Å². The Labute approximate surface area is 183 Å².